The number of amides is 1. The van der Waals surface area contributed by atoms with Crippen molar-refractivity contribution in [2.45, 2.75) is 20.3 Å². The molecule has 132 valence electrons. The van der Waals surface area contributed by atoms with Crippen molar-refractivity contribution < 1.29 is 14.5 Å². The Hall–Kier alpha value is -2.41. The first-order valence-corrected chi connectivity index (χ1v) is 8.64. The van der Waals surface area contributed by atoms with Crippen LogP contribution in [0.4, 0.5) is 11.4 Å². The summed E-state index contributed by atoms with van der Waals surface area (Å²) in [4.78, 5) is 22.9. The van der Waals surface area contributed by atoms with Gasteiger partial charge in [0.05, 0.1) is 17.1 Å². The third-order valence-corrected chi connectivity index (χ3v) is 3.95. The fourth-order valence-electron chi connectivity index (χ4n) is 2.11. The second kappa shape index (κ2) is 8.62. The van der Waals surface area contributed by atoms with Crippen molar-refractivity contribution in [2.24, 2.45) is 5.92 Å². The maximum atomic E-state index is 12.6. The summed E-state index contributed by atoms with van der Waals surface area (Å²) < 4.78 is 6.48. The molecule has 25 heavy (non-hydrogen) atoms. The maximum Gasteiger partial charge on any atom is 0.271 e. The molecule has 2 aromatic carbocycles. The Morgan fingerprint density at radius 1 is 1.28 bits per heavy atom. The molecule has 0 fully saturated rings. The largest absolute Gasteiger partial charge is 0.493 e. The summed E-state index contributed by atoms with van der Waals surface area (Å²) in [6.07, 6.45) is 0.877. The van der Waals surface area contributed by atoms with Gasteiger partial charge >= 0.3 is 0 Å². The van der Waals surface area contributed by atoms with Gasteiger partial charge in [-0.1, -0.05) is 35.8 Å². The van der Waals surface area contributed by atoms with Gasteiger partial charge in [0.15, 0.2) is 0 Å². The summed E-state index contributed by atoms with van der Waals surface area (Å²) in [6.45, 7) is 4.71. The van der Waals surface area contributed by atoms with E-state index < -0.39 is 4.92 Å². The van der Waals surface area contributed by atoms with Gasteiger partial charge in [0.25, 0.3) is 11.6 Å². The van der Waals surface area contributed by atoms with Crippen molar-refractivity contribution in [3.05, 3.63) is 62.6 Å². The zero-order chi connectivity index (χ0) is 18.4. The first-order chi connectivity index (χ1) is 11.9. The lowest BCUT2D eigenvalue weighted by Gasteiger charge is -2.13. The second-order valence-corrected chi connectivity index (χ2v) is 6.85. The highest BCUT2D eigenvalue weighted by Gasteiger charge is 2.15. The first-order valence-electron chi connectivity index (χ1n) is 7.85. The Morgan fingerprint density at radius 2 is 2.04 bits per heavy atom. The van der Waals surface area contributed by atoms with E-state index in [4.69, 9.17) is 4.74 Å². The van der Waals surface area contributed by atoms with Crippen LogP contribution < -0.4 is 10.1 Å². The Morgan fingerprint density at radius 3 is 2.72 bits per heavy atom. The molecule has 0 heterocycles. The molecule has 0 bridgehead atoms. The number of nitro groups is 1. The fraction of sp³-hybridized carbons (Fsp3) is 0.278. The highest BCUT2D eigenvalue weighted by atomic mass is 79.9. The zero-order valence-electron chi connectivity index (χ0n) is 14.0. The standard InChI is InChI=1S/C18H19BrN2O4/c1-12(2)8-9-25-17-7-6-13(19)10-16(17)18(22)20-14-4-3-5-15(11-14)21(23)24/h3-7,10-12H,8-9H2,1-2H3,(H,20,22). The molecule has 0 spiro atoms. The summed E-state index contributed by atoms with van der Waals surface area (Å²) >= 11 is 3.35. The van der Waals surface area contributed by atoms with E-state index in [2.05, 4.69) is 35.1 Å². The minimum atomic E-state index is -0.505. The van der Waals surface area contributed by atoms with Crippen LogP contribution in [0.5, 0.6) is 5.75 Å². The van der Waals surface area contributed by atoms with Crippen LogP contribution in [0.25, 0.3) is 0 Å². The molecule has 0 radical (unpaired) electrons. The molecule has 0 atom stereocenters. The van der Waals surface area contributed by atoms with Crippen LogP contribution in [0, 0.1) is 16.0 Å². The molecule has 1 amide bonds. The van der Waals surface area contributed by atoms with E-state index >= 15 is 0 Å². The van der Waals surface area contributed by atoms with Crippen molar-refractivity contribution in [2.75, 3.05) is 11.9 Å². The molecule has 1 N–H and O–H groups in total. The van der Waals surface area contributed by atoms with Crippen molar-refractivity contribution in [3.8, 4) is 5.75 Å². The van der Waals surface area contributed by atoms with Gasteiger partial charge in [-0.15, -0.1) is 0 Å². The minimum absolute atomic E-state index is 0.0829. The van der Waals surface area contributed by atoms with E-state index in [0.717, 1.165) is 10.9 Å². The summed E-state index contributed by atoms with van der Waals surface area (Å²) in [5.74, 6) is 0.589. The topological polar surface area (TPSA) is 81.5 Å². The predicted octanol–water partition coefficient (Wildman–Crippen LogP) is 5.03. The molecule has 0 aliphatic rings. The molecule has 7 heteroatoms. The number of anilines is 1. The Bertz CT molecular complexity index is 777. The molecular weight excluding hydrogens is 388 g/mol. The van der Waals surface area contributed by atoms with Gasteiger partial charge in [0.1, 0.15) is 5.75 Å². The smallest absolute Gasteiger partial charge is 0.271 e. The number of nitrogens with one attached hydrogen (secondary N) is 1. The van der Waals surface area contributed by atoms with E-state index in [-0.39, 0.29) is 11.6 Å². The van der Waals surface area contributed by atoms with Crippen LogP contribution in [0.2, 0.25) is 0 Å². The van der Waals surface area contributed by atoms with E-state index in [9.17, 15) is 14.9 Å². The Balaban J connectivity index is 2.18. The maximum absolute atomic E-state index is 12.6. The quantitative estimate of drug-likeness (QED) is 0.515. The highest BCUT2D eigenvalue weighted by molar-refractivity contribution is 9.10. The third kappa shape index (κ3) is 5.56. The molecule has 2 aromatic rings. The lowest BCUT2D eigenvalue weighted by atomic mass is 10.1. The molecule has 0 saturated heterocycles. The molecule has 0 aromatic heterocycles. The molecule has 0 saturated carbocycles. The van der Waals surface area contributed by atoms with Gasteiger partial charge in [0, 0.05) is 22.3 Å². The summed E-state index contributed by atoms with van der Waals surface area (Å²) in [6, 6.07) is 11.0. The van der Waals surface area contributed by atoms with Gasteiger partial charge in [-0.25, -0.2) is 0 Å². The number of ether oxygens (including phenoxy) is 1. The number of rotatable bonds is 7. The molecular formula is C18H19BrN2O4. The number of halogens is 1. The van der Waals surface area contributed by atoms with Crippen molar-refractivity contribution in [1.82, 2.24) is 0 Å². The number of carbonyl (C=O) groups is 1. The summed E-state index contributed by atoms with van der Waals surface area (Å²) in [5.41, 5.74) is 0.636. The number of non-ortho nitro benzene ring substituents is 1. The summed E-state index contributed by atoms with van der Waals surface area (Å²) in [7, 11) is 0. The SMILES string of the molecule is CC(C)CCOc1ccc(Br)cc1C(=O)Nc1cccc([N+](=O)[O-])c1. The van der Waals surface area contributed by atoms with Crippen LogP contribution in [-0.2, 0) is 0 Å². The zero-order valence-corrected chi connectivity index (χ0v) is 15.6. The van der Waals surface area contributed by atoms with E-state index in [1.54, 1.807) is 24.3 Å². The van der Waals surface area contributed by atoms with E-state index in [1.165, 1.54) is 18.2 Å². The molecule has 6 nitrogen and oxygen atoms in total. The first kappa shape index (κ1) is 18.9. The number of benzene rings is 2. The van der Waals surface area contributed by atoms with Gasteiger partial charge < -0.3 is 10.1 Å². The Kier molecular flexibility index (Phi) is 6.52. The van der Waals surface area contributed by atoms with Gasteiger partial charge in [-0.05, 0) is 36.6 Å². The second-order valence-electron chi connectivity index (χ2n) is 5.93. The normalized spacial score (nSPS) is 10.6. The van der Waals surface area contributed by atoms with Crippen LogP contribution in [-0.4, -0.2) is 17.4 Å². The number of hydrogen-bond donors (Lipinski definition) is 1. The fourth-order valence-corrected chi connectivity index (χ4v) is 2.47. The minimum Gasteiger partial charge on any atom is -0.493 e. The number of carbonyl (C=O) groups excluding carboxylic acids is 1. The van der Waals surface area contributed by atoms with Crippen LogP contribution >= 0.6 is 15.9 Å². The Labute approximate surface area is 154 Å². The average Bonchev–Trinajstić information content (AvgIpc) is 2.56. The molecule has 0 aliphatic heterocycles. The van der Waals surface area contributed by atoms with Gasteiger partial charge in [-0.2, -0.15) is 0 Å². The predicted molar refractivity (Wildman–Crippen MR) is 100 cm³/mol. The number of hydrogen-bond acceptors (Lipinski definition) is 4. The number of nitrogens with zero attached hydrogens (tertiary/aromatic N) is 1. The summed E-state index contributed by atoms with van der Waals surface area (Å²) in [5, 5.41) is 13.5. The molecule has 0 aliphatic carbocycles. The molecule has 0 unspecified atom stereocenters. The monoisotopic (exact) mass is 406 g/mol. The van der Waals surface area contributed by atoms with Crippen LogP contribution in [0.3, 0.4) is 0 Å². The van der Waals surface area contributed by atoms with E-state index in [0.29, 0.717) is 29.5 Å². The average molecular weight is 407 g/mol. The van der Waals surface area contributed by atoms with Gasteiger partial charge in [0.2, 0.25) is 0 Å². The van der Waals surface area contributed by atoms with Crippen molar-refractivity contribution >= 4 is 33.2 Å². The number of nitro benzene ring substituents is 1. The van der Waals surface area contributed by atoms with Crippen LogP contribution in [0.15, 0.2) is 46.9 Å². The van der Waals surface area contributed by atoms with Gasteiger partial charge in [-0.3, -0.25) is 14.9 Å². The highest BCUT2D eigenvalue weighted by Crippen LogP contribution is 2.25. The van der Waals surface area contributed by atoms with Crippen molar-refractivity contribution in [3.63, 3.8) is 0 Å². The third-order valence-electron chi connectivity index (χ3n) is 3.45. The lowest BCUT2D eigenvalue weighted by molar-refractivity contribution is -0.384. The van der Waals surface area contributed by atoms with Crippen LogP contribution in [0.1, 0.15) is 30.6 Å². The lowest BCUT2D eigenvalue weighted by Crippen LogP contribution is -2.14. The molecule has 2 rings (SSSR count). The van der Waals surface area contributed by atoms with E-state index in [1.807, 2.05) is 0 Å². The van der Waals surface area contributed by atoms with Crippen molar-refractivity contribution in [1.29, 1.82) is 0 Å².